The first kappa shape index (κ1) is 14.2. The summed E-state index contributed by atoms with van der Waals surface area (Å²) < 4.78 is 10.2. The molecule has 0 aliphatic heterocycles. The van der Waals surface area contributed by atoms with Crippen LogP contribution in [0.3, 0.4) is 0 Å². The molecular weight excluding hydrogens is 252 g/mol. The van der Waals surface area contributed by atoms with Crippen LogP contribution in [0.4, 0.5) is 0 Å². The van der Waals surface area contributed by atoms with Gasteiger partial charge in [-0.05, 0) is 25.1 Å². The lowest BCUT2D eigenvalue weighted by atomic mass is 10.1. The maximum atomic E-state index is 12.0. The Morgan fingerprint density at radius 2 is 2.06 bits per heavy atom. The molecule has 1 aromatic rings. The van der Waals surface area contributed by atoms with Crippen molar-refractivity contribution in [1.82, 2.24) is 5.32 Å². The number of amides is 1. The lowest BCUT2D eigenvalue weighted by molar-refractivity contribution is 0.0946. The second-order valence-corrected chi connectivity index (χ2v) is 4.14. The van der Waals surface area contributed by atoms with Crippen molar-refractivity contribution in [3.05, 3.63) is 23.8 Å². The predicted octanol–water partition coefficient (Wildman–Crippen LogP) is 1.11. The van der Waals surface area contributed by atoms with E-state index >= 15 is 0 Å². The Kier molecular flexibility index (Phi) is 4.91. The molecule has 0 fully saturated rings. The molecule has 1 unspecified atom stereocenters. The largest absolute Gasteiger partial charge is 0.497 e. The summed E-state index contributed by atoms with van der Waals surface area (Å²) in [7, 11) is 3.02. The van der Waals surface area contributed by atoms with Gasteiger partial charge in [0.25, 0.3) is 5.91 Å². The van der Waals surface area contributed by atoms with E-state index in [0.29, 0.717) is 17.1 Å². The maximum absolute atomic E-state index is 12.0. The number of thiocarbonyl (C=S) groups is 1. The van der Waals surface area contributed by atoms with Crippen molar-refractivity contribution in [3.8, 4) is 11.5 Å². The molecule has 18 heavy (non-hydrogen) atoms. The molecule has 0 heterocycles. The lowest BCUT2D eigenvalue weighted by Crippen LogP contribution is -2.41. The van der Waals surface area contributed by atoms with Crippen molar-refractivity contribution in [2.24, 2.45) is 5.73 Å². The van der Waals surface area contributed by atoms with Crippen LogP contribution in [0.2, 0.25) is 0 Å². The van der Waals surface area contributed by atoms with Gasteiger partial charge in [-0.15, -0.1) is 0 Å². The highest BCUT2D eigenvalue weighted by molar-refractivity contribution is 7.80. The monoisotopic (exact) mass is 268 g/mol. The van der Waals surface area contributed by atoms with E-state index in [4.69, 9.17) is 27.4 Å². The average molecular weight is 268 g/mol. The van der Waals surface area contributed by atoms with Gasteiger partial charge in [-0.1, -0.05) is 12.2 Å². The summed E-state index contributed by atoms with van der Waals surface area (Å²) in [6.07, 6.45) is 0. The van der Waals surface area contributed by atoms with Crippen molar-refractivity contribution < 1.29 is 14.3 Å². The van der Waals surface area contributed by atoms with Crippen LogP contribution < -0.4 is 20.5 Å². The summed E-state index contributed by atoms with van der Waals surface area (Å²) >= 11 is 4.80. The number of carbonyl (C=O) groups is 1. The number of benzene rings is 1. The van der Waals surface area contributed by atoms with E-state index in [1.54, 1.807) is 25.1 Å². The number of hydrogen-bond donors (Lipinski definition) is 2. The van der Waals surface area contributed by atoms with Crippen molar-refractivity contribution in [2.75, 3.05) is 14.2 Å². The highest BCUT2D eigenvalue weighted by atomic mass is 32.1. The molecule has 0 saturated carbocycles. The quantitative estimate of drug-likeness (QED) is 0.783. The Labute approximate surface area is 111 Å². The molecule has 0 aromatic heterocycles. The molecule has 1 atom stereocenters. The van der Waals surface area contributed by atoms with E-state index in [2.05, 4.69) is 5.32 Å². The summed E-state index contributed by atoms with van der Waals surface area (Å²) in [5, 5.41) is 2.68. The third-order valence-electron chi connectivity index (χ3n) is 2.43. The number of methoxy groups -OCH3 is 2. The minimum atomic E-state index is -0.386. The summed E-state index contributed by atoms with van der Waals surface area (Å²) in [6, 6.07) is 4.59. The molecule has 1 rings (SSSR count). The van der Waals surface area contributed by atoms with Crippen LogP contribution in [0, 0.1) is 0 Å². The molecule has 0 spiro atoms. The topological polar surface area (TPSA) is 73.6 Å². The van der Waals surface area contributed by atoms with Crippen molar-refractivity contribution >= 4 is 23.1 Å². The number of hydrogen-bond acceptors (Lipinski definition) is 4. The third-order valence-corrected chi connectivity index (χ3v) is 2.78. The van der Waals surface area contributed by atoms with Gasteiger partial charge in [0.2, 0.25) is 0 Å². The van der Waals surface area contributed by atoms with Crippen LogP contribution >= 0.6 is 12.2 Å². The zero-order valence-electron chi connectivity index (χ0n) is 10.5. The summed E-state index contributed by atoms with van der Waals surface area (Å²) in [5.74, 6) is 0.721. The van der Waals surface area contributed by atoms with E-state index < -0.39 is 0 Å². The Hall–Kier alpha value is -1.82. The number of nitrogens with two attached hydrogens (primary N) is 1. The van der Waals surface area contributed by atoms with Gasteiger partial charge < -0.3 is 20.5 Å². The average Bonchev–Trinajstić information content (AvgIpc) is 2.37. The van der Waals surface area contributed by atoms with Crippen LogP contribution in [0.5, 0.6) is 11.5 Å². The first-order valence-electron chi connectivity index (χ1n) is 5.31. The van der Waals surface area contributed by atoms with Crippen LogP contribution in [0.25, 0.3) is 0 Å². The molecule has 0 bridgehead atoms. The van der Waals surface area contributed by atoms with Gasteiger partial charge in [0.1, 0.15) is 11.5 Å². The van der Waals surface area contributed by atoms with Crippen LogP contribution in [0.1, 0.15) is 17.3 Å². The second-order valence-electron chi connectivity index (χ2n) is 3.66. The molecule has 1 aromatic carbocycles. The van der Waals surface area contributed by atoms with Crippen molar-refractivity contribution in [2.45, 2.75) is 13.0 Å². The third kappa shape index (κ3) is 3.33. The van der Waals surface area contributed by atoms with Crippen molar-refractivity contribution in [3.63, 3.8) is 0 Å². The van der Waals surface area contributed by atoms with Crippen molar-refractivity contribution in [1.29, 1.82) is 0 Å². The minimum absolute atomic E-state index is 0.227. The molecule has 5 nitrogen and oxygen atoms in total. The van der Waals surface area contributed by atoms with Crippen LogP contribution in [-0.2, 0) is 0 Å². The fourth-order valence-electron chi connectivity index (χ4n) is 1.34. The number of nitrogens with one attached hydrogen (secondary N) is 1. The SMILES string of the molecule is COc1ccc(OC)c(C(=O)NC(C)C(N)=S)c1. The first-order chi connectivity index (χ1) is 8.49. The molecule has 0 saturated heterocycles. The summed E-state index contributed by atoms with van der Waals surface area (Å²) in [5.41, 5.74) is 5.82. The highest BCUT2D eigenvalue weighted by Crippen LogP contribution is 2.23. The highest BCUT2D eigenvalue weighted by Gasteiger charge is 2.16. The van der Waals surface area contributed by atoms with Gasteiger partial charge >= 0.3 is 0 Å². The molecule has 0 aliphatic rings. The predicted molar refractivity (Wildman–Crippen MR) is 73.3 cm³/mol. The van der Waals surface area contributed by atoms with Crippen LogP contribution in [-0.4, -0.2) is 31.2 Å². The molecule has 3 N–H and O–H groups in total. The van der Waals surface area contributed by atoms with Gasteiger partial charge in [-0.25, -0.2) is 0 Å². The number of ether oxygens (including phenoxy) is 2. The zero-order chi connectivity index (χ0) is 13.7. The fraction of sp³-hybridized carbons (Fsp3) is 0.333. The smallest absolute Gasteiger partial charge is 0.255 e. The Bertz CT molecular complexity index is 463. The molecular formula is C12H16N2O3S. The fourth-order valence-corrected chi connectivity index (χ4v) is 1.40. The zero-order valence-corrected chi connectivity index (χ0v) is 11.3. The first-order valence-corrected chi connectivity index (χ1v) is 5.72. The van der Waals surface area contributed by atoms with Gasteiger partial charge in [-0.3, -0.25) is 4.79 Å². The van der Waals surface area contributed by atoms with Crippen LogP contribution in [0.15, 0.2) is 18.2 Å². The number of carbonyl (C=O) groups excluding carboxylic acids is 1. The molecule has 0 radical (unpaired) electrons. The molecule has 98 valence electrons. The number of rotatable bonds is 5. The van der Waals surface area contributed by atoms with Gasteiger partial charge in [0.05, 0.1) is 30.8 Å². The Morgan fingerprint density at radius 1 is 1.39 bits per heavy atom. The minimum Gasteiger partial charge on any atom is -0.497 e. The van der Waals surface area contributed by atoms with Gasteiger partial charge in [-0.2, -0.15) is 0 Å². The van der Waals surface area contributed by atoms with E-state index in [0.717, 1.165) is 0 Å². The summed E-state index contributed by atoms with van der Waals surface area (Å²) in [4.78, 5) is 12.3. The second kappa shape index (κ2) is 6.20. The lowest BCUT2D eigenvalue weighted by Gasteiger charge is -2.14. The summed E-state index contributed by atoms with van der Waals surface area (Å²) in [6.45, 7) is 1.72. The molecule has 1 amide bonds. The molecule has 6 heteroatoms. The normalized spacial score (nSPS) is 11.5. The maximum Gasteiger partial charge on any atom is 0.255 e. The van der Waals surface area contributed by atoms with E-state index in [9.17, 15) is 4.79 Å². The Balaban J connectivity index is 2.99. The Morgan fingerprint density at radius 3 is 2.56 bits per heavy atom. The van der Waals surface area contributed by atoms with Gasteiger partial charge in [0.15, 0.2) is 0 Å². The van der Waals surface area contributed by atoms with E-state index in [1.165, 1.54) is 14.2 Å². The van der Waals surface area contributed by atoms with E-state index in [-0.39, 0.29) is 16.9 Å². The van der Waals surface area contributed by atoms with E-state index in [1.807, 2.05) is 0 Å². The standard InChI is InChI=1S/C12H16N2O3S/c1-7(11(13)18)14-12(15)9-6-8(16-2)4-5-10(9)17-3/h4-7H,1-3H3,(H2,13,18)(H,14,15). The van der Waals surface area contributed by atoms with Gasteiger partial charge in [0, 0.05) is 0 Å². The molecule has 0 aliphatic carbocycles.